The molecule has 2 fully saturated rings. The predicted molar refractivity (Wildman–Crippen MR) is 181 cm³/mol. The van der Waals surface area contributed by atoms with Gasteiger partial charge in [-0.05, 0) is 48.0 Å². The third-order valence-corrected chi connectivity index (χ3v) is 8.76. The van der Waals surface area contributed by atoms with Gasteiger partial charge in [-0.3, -0.25) is 4.79 Å². The van der Waals surface area contributed by atoms with Gasteiger partial charge in [0.15, 0.2) is 12.1 Å². The topological polar surface area (TPSA) is 296 Å². The van der Waals surface area contributed by atoms with Crippen LogP contribution in [0.15, 0.2) is 76.0 Å². The van der Waals surface area contributed by atoms with Crippen LogP contribution >= 0.6 is 0 Å². The molecule has 0 aliphatic carbocycles. The number of hydrogen-bond acceptors (Lipinski definition) is 18. The highest BCUT2D eigenvalue weighted by atomic mass is 16.7. The van der Waals surface area contributed by atoms with Gasteiger partial charge in [0.2, 0.25) is 17.5 Å². The lowest BCUT2D eigenvalue weighted by Crippen LogP contribution is -2.65. The molecule has 6 rings (SSSR count). The molecule has 10 N–H and O–H groups in total. The maximum Gasteiger partial charge on any atom is 0.330 e. The number of fused-ring (bicyclic) bond motifs is 1. The van der Waals surface area contributed by atoms with Crippen LogP contribution < -0.4 is 10.2 Å². The molecule has 2 aliphatic rings. The van der Waals surface area contributed by atoms with Crippen LogP contribution in [0.5, 0.6) is 28.7 Å². The Morgan fingerprint density at radius 1 is 0.741 bits per heavy atom. The van der Waals surface area contributed by atoms with E-state index in [2.05, 4.69) is 0 Å². The molecule has 3 heterocycles. The molecule has 4 aromatic rings. The summed E-state index contributed by atoms with van der Waals surface area (Å²) in [4.78, 5) is 26.6. The van der Waals surface area contributed by atoms with Crippen LogP contribution in [-0.4, -0.2) is 132 Å². The minimum absolute atomic E-state index is 0.000110. The average molecular weight is 757 g/mol. The van der Waals surface area contributed by atoms with E-state index in [-0.39, 0.29) is 28.4 Å². The summed E-state index contributed by atoms with van der Waals surface area (Å²) in [6.07, 6.45) is -15.9. The fraction of sp³-hybridized carbons (Fsp3) is 0.333. The van der Waals surface area contributed by atoms with E-state index in [4.69, 9.17) is 28.1 Å². The summed E-state index contributed by atoms with van der Waals surface area (Å²) < 4.78 is 34.1. The highest BCUT2D eigenvalue weighted by Gasteiger charge is 2.52. The number of carbonyl (C=O) groups is 1. The molecule has 2 saturated heterocycles. The SMILES string of the molecule is O=C(/C=C/c1ccc(O)cc1)OCC1O[C@@H](Oc2c(-c3ccc(O)cc3)oc3cc(O)cc(O)c3c2=O)C(O)C(O)[C@H]1O[C@@H]1OC(CO)[C@H](O)C(O)C1O. The Morgan fingerprint density at radius 3 is 2.04 bits per heavy atom. The first kappa shape index (κ1) is 38.4. The lowest BCUT2D eigenvalue weighted by Gasteiger charge is -2.46. The monoisotopic (exact) mass is 756 g/mol. The van der Waals surface area contributed by atoms with Crippen molar-refractivity contribution in [3.05, 3.63) is 82.5 Å². The maximum atomic E-state index is 13.9. The molecular weight excluding hydrogens is 720 g/mol. The van der Waals surface area contributed by atoms with Gasteiger partial charge in [0.25, 0.3) is 0 Å². The first-order valence-electron chi connectivity index (χ1n) is 16.4. The second kappa shape index (κ2) is 16.0. The van der Waals surface area contributed by atoms with E-state index in [1.165, 1.54) is 54.6 Å². The van der Waals surface area contributed by atoms with Crippen molar-refractivity contribution in [2.75, 3.05) is 13.2 Å². The lowest BCUT2D eigenvalue weighted by atomic mass is 9.97. The largest absolute Gasteiger partial charge is 0.508 e. The van der Waals surface area contributed by atoms with Crippen molar-refractivity contribution in [2.24, 2.45) is 0 Å². The zero-order valence-corrected chi connectivity index (χ0v) is 27.9. The molecule has 6 unspecified atom stereocenters. The number of phenolic OH excluding ortho intramolecular Hbond substituents is 4. The minimum Gasteiger partial charge on any atom is -0.508 e. The maximum absolute atomic E-state index is 13.9. The van der Waals surface area contributed by atoms with Gasteiger partial charge < -0.3 is 79.2 Å². The number of phenols is 4. The van der Waals surface area contributed by atoms with Crippen LogP contribution in [0.2, 0.25) is 0 Å². The molecule has 18 nitrogen and oxygen atoms in total. The fourth-order valence-corrected chi connectivity index (χ4v) is 5.90. The van der Waals surface area contributed by atoms with Crippen LogP contribution in [-0.2, 0) is 23.7 Å². The summed E-state index contributed by atoms with van der Waals surface area (Å²) in [5.41, 5.74) is -0.611. The van der Waals surface area contributed by atoms with Crippen LogP contribution in [0.25, 0.3) is 28.4 Å². The van der Waals surface area contributed by atoms with Gasteiger partial charge in [0.05, 0.1) is 6.61 Å². The van der Waals surface area contributed by atoms with Crippen molar-refractivity contribution in [3.63, 3.8) is 0 Å². The molecule has 1 aromatic heterocycles. The van der Waals surface area contributed by atoms with Gasteiger partial charge in [-0.2, -0.15) is 0 Å². The third kappa shape index (κ3) is 7.97. The predicted octanol–water partition coefficient (Wildman–Crippen LogP) is -0.450. The molecule has 10 atom stereocenters. The van der Waals surface area contributed by atoms with E-state index in [1.54, 1.807) is 0 Å². The van der Waals surface area contributed by atoms with Crippen molar-refractivity contribution in [3.8, 4) is 40.1 Å². The highest BCUT2D eigenvalue weighted by Crippen LogP contribution is 2.38. The molecular formula is C36H36O18. The zero-order chi connectivity index (χ0) is 38.8. The third-order valence-electron chi connectivity index (χ3n) is 8.76. The van der Waals surface area contributed by atoms with E-state index in [9.17, 15) is 60.7 Å². The number of ether oxygens (including phenoxy) is 5. The van der Waals surface area contributed by atoms with Crippen LogP contribution in [0, 0.1) is 0 Å². The smallest absolute Gasteiger partial charge is 0.330 e. The molecule has 0 radical (unpaired) electrons. The highest BCUT2D eigenvalue weighted by molar-refractivity contribution is 5.88. The molecule has 0 saturated carbocycles. The molecule has 18 heteroatoms. The van der Waals surface area contributed by atoms with Gasteiger partial charge in [0, 0.05) is 23.8 Å². The molecule has 0 amide bonds. The molecule has 288 valence electrons. The average Bonchev–Trinajstić information content (AvgIpc) is 3.14. The summed E-state index contributed by atoms with van der Waals surface area (Å²) >= 11 is 0. The van der Waals surface area contributed by atoms with E-state index in [1.807, 2.05) is 0 Å². The summed E-state index contributed by atoms with van der Waals surface area (Å²) in [6.45, 7) is -1.55. The summed E-state index contributed by atoms with van der Waals surface area (Å²) in [5.74, 6) is -3.18. The number of esters is 1. The summed E-state index contributed by atoms with van der Waals surface area (Å²) in [7, 11) is 0. The molecule has 0 bridgehead atoms. The number of carbonyl (C=O) groups excluding carboxylic acids is 1. The minimum atomic E-state index is -2.09. The quantitative estimate of drug-likeness (QED) is 0.0724. The van der Waals surface area contributed by atoms with Crippen LogP contribution in [0.1, 0.15) is 5.56 Å². The van der Waals surface area contributed by atoms with Crippen LogP contribution in [0.4, 0.5) is 0 Å². The van der Waals surface area contributed by atoms with Crippen molar-refractivity contribution in [1.29, 1.82) is 0 Å². The Balaban J connectivity index is 1.33. The summed E-state index contributed by atoms with van der Waals surface area (Å²) in [5, 5.41) is 103. The molecule has 2 aliphatic heterocycles. The van der Waals surface area contributed by atoms with E-state index in [0.29, 0.717) is 5.56 Å². The number of aliphatic hydroxyl groups excluding tert-OH is 6. The number of rotatable bonds is 10. The normalized spacial score (nSPS) is 28.6. The zero-order valence-electron chi connectivity index (χ0n) is 27.9. The van der Waals surface area contributed by atoms with Crippen LogP contribution in [0.3, 0.4) is 0 Å². The van der Waals surface area contributed by atoms with Gasteiger partial charge in [-0.25, -0.2) is 4.79 Å². The Kier molecular flexibility index (Phi) is 11.4. The standard InChI is InChI=1S/C36H36O18/c37-13-22-26(43)28(45)30(47)35(51-22)53-33-23(14-49-24(42)10-3-15-1-6-17(38)7-2-15)52-36(31(48)29(33)46)54-34-27(44)25-20(41)11-19(40)12-21(25)50-32(34)16-4-8-18(39)9-5-16/h1-12,22-23,26,28-31,33,35-41,43,45-48H,13-14H2/b10-3+/t22?,23?,26-,28?,29?,30?,31?,33-,35-,36-/m0/s1. The summed E-state index contributed by atoms with van der Waals surface area (Å²) in [6, 6.07) is 13.0. The van der Waals surface area contributed by atoms with E-state index >= 15 is 0 Å². The first-order chi connectivity index (χ1) is 25.7. The molecule has 0 spiro atoms. The molecule has 3 aromatic carbocycles. The number of aliphatic hydroxyl groups is 6. The van der Waals surface area contributed by atoms with Gasteiger partial charge >= 0.3 is 5.97 Å². The van der Waals surface area contributed by atoms with E-state index in [0.717, 1.165) is 18.2 Å². The van der Waals surface area contributed by atoms with Crippen molar-refractivity contribution >= 4 is 23.0 Å². The number of benzene rings is 3. The lowest BCUT2D eigenvalue weighted by molar-refractivity contribution is -0.352. The van der Waals surface area contributed by atoms with Crippen molar-refractivity contribution < 1.29 is 84.0 Å². The Hall–Kier alpha value is -5.28. The number of hydrogen-bond donors (Lipinski definition) is 10. The van der Waals surface area contributed by atoms with Gasteiger partial charge in [-0.1, -0.05) is 12.1 Å². The number of aromatic hydroxyl groups is 4. The molecule has 54 heavy (non-hydrogen) atoms. The second-order valence-electron chi connectivity index (χ2n) is 12.5. The second-order valence-corrected chi connectivity index (χ2v) is 12.5. The van der Waals surface area contributed by atoms with E-state index < -0.39 is 109 Å². The van der Waals surface area contributed by atoms with Gasteiger partial charge in [-0.15, -0.1) is 0 Å². The van der Waals surface area contributed by atoms with Gasteiger partial charge in [0.1, 0.15) is 89.4 Å². The Labute approximate surface area is 304 Å². The Morgan fingerprint density at radius 2 is 1.37 bits per heavy atom. The Bertz CT molecular complexity index is 2030. The van der Waals surface area contributed by atoms with Crippen molar-refractivity contribution in [2.45, 2.75) is 61.4 Å². The van der Waals surface area contributed by atoms with Crippen molar-refractivity contribution in [1.82, 2.24) is 0 Å². The first-order valence-corrected chi connectivity index (χ1v) is 16.4. The fourth-order valence-electron chi connectivity index (χ4n) is 5.90.